The van der Waals surface area contributed by atoms with Gasteiger partial charge in [0.05, 0.1) is 6.54 Å². The maximum Gasteiger partial charge on any atom is 0.240 e. The lowest BCUT2D eigenvalue weighted by Gasteiger charge is -2.23. The van der Waals surface area contributed by atoms with E-state index in [1.807, 2.05) is 20.8 Å². The second kappa shape index (κ2) is 4.21. The second-order valence-electron chi connectivity index (χ2n) is 5.27. The van der Waals surface area contributed by atoms with Crippen molar-refractivity contribution in [2.24, 2.45) is 5.92 Å². The highest BCUT2D eigenvalue weighted by molar-refractivity contribution is 5.87. The van der Waals surface area contributed by atoms with E-state index in [-0.39, 0.29) is 29.8 Å². The Morgan fingerprint density at radius 3 is 2.27 bits per heavy atom. The summed E-state index contributed by atoms with van der Waals surface area (Å²) in [6, 6.07) is 0. The molecule has 0 aromatic rings. The molecular weight excluding hydrogens is 192 g/mol. The van der Waals surface area contributed by atoms with Crippen LogP contribution in [0.15, 0.2) is 0 Å². The lowest BCUT2D eigenvalue weighted by Crippen LogP contribution is -2.46. The fraction of sp³-hybridized carbons (Fsp3) is 0.818. The number of nitrogens with one attached hydrogen (secondary N) is 1. The third-order valence-electron chi connectivity index (χ3n) is 2.20. The molecule has 0 radical (unpaired) electrons. The van der Waals surface area contributed by atoms with Gasteiger partial charge in [0.15, 0.2) is 0 Å². The number of carbonyl (C=O) groups excluding carboxylic acids is 2. The van der Waals surface area contributed by atoms with Gasteiger partial charge >= 0.3 is 0 Å². The van der Waals surface area contributed by atoms with Crippen LogP contribution in [0.4, 0.5) is 0 Å². The third kappa shape index (κ3) is 4.32. The average molecular weight is 212 g/mol. The monoisotopic (exact) mass is 212 g/mol. The Morgan fingerprint density at radius 1 is 1.33 bits per heavy atom. The summed E-state index contributed by atoms with van der Waals surface area (Å²) in [6.45, 7) is 5.93. The molecule has 1 fully saturated rings. The van der Waals surface area contributed by atoms with Gasteiger partial charge in [-0.15, -0.1) is 0 Å². The van der Waals surface area contributed by atoms with E-state index >= 15 is 0 Å². The molecule has 2 amide bonds. The summed E-state index contributed by atoms with van der Waals surface area (Å²) >= 11 is 0. The molecule has 1 aliphatic rings. The summed E-state index contributed by atoms with van der Waals surface area (Å²) in [7, 11) is 1.68. The van der Waals surface area contributed by atoms with E-state index in [0.29, 0.717) is 0 Å². The molecule has 4 nitrogen and oxygen atoms in total. The molecule has 0 aromatic carbocycles. The van der Waals surface area contributed by atoms with E-state index in [1.54, 1.807) is 7.05 Å². The van der Waals surface area contributed by atoms with Crippen molar-refractivity contribution in [1.82, 2.24) is 10.2 Å². The van der Waals surface area contributed by atoms with E-state index in [4.69, 9.17) is 0 Å². The van der Waals surface area contributed by atoms with Gasteiger partial charge in [-0.25, -0.2) is 0 Å². The number of amides is 2. The van der Waals surface area contributed by atoms with Crippen molar-refractivity contribution in [3.05, 3.63) is 0 Å². The van der Waals surface area contributed by atoms with E-state index in [1.165, 1.54) is 4.90 Å². The highest BCUT2D eigenvalue weighted by Gasteiger charge is 2.32. The summed E-state index contributed by atoms with van der Waals surface area (Å²) < 4.78 is 0. The Labute approximate surface area is 91.0 Å². The third-order valence-corrected chi connectivity index (χ3v) is 2.20. The zero-order valence-electron chi connectivity index (χ0n) is 9.96. The average Bonchev–Trinajstić information content (AvgIpc) is 2.80. The van der Waals surface area contributed by atoms with Crippen LogP contribution in [0.2, 0.25) is 0 Å². The molecule has 86 valence electrons. The van der Waals surface area contributed by atoms with Crippen molar-refractivity contribution in [2.45, 2.75) is 39.2 Å². The molecule has 0 bridgehead atoms. The van der Waals surface area contributed by atoms with E-state index in [9.17, 15) is 9.59 Å². The van der Waals surface area contributed by atoms with E-state index in [0.717, 1.165) is 12.8 Å². The molecule has 0 spiro atoms. The fourth-order valence-electron chi connectivity index (χ4n) is 1.39. The second-order valence-corrected chi connectivity index (χ2v) is 5.27. The van der Waals surface area contributed by atoms with Crippen LogP contribution in [0.5, 0.6) is 0 Å². The van der Waals surface area contributed by atoms with Gasteiger partial charge in [-0.05, 0) is 33.6 Å². The van der Waals surface area contributed by atoms with Crippen LogP contribution in [0.1, 0.15) is 33.6 Å². The smallest absolute Gasteiger partial charge is 0.240 e. The minimum Gasteiger partial charge on any atom is -0.350 e. The first-order chi connectivity index (χ1) is 6.79. The van der Waals surface area contributed by atoms with Crippen LogP contribution in [0.3, 0.4) is 0 Å². The van der Waals surface area contributed by atoms with E-state index < -0.39 is 0 Å². The number of likely N-dealkylation sites (N-methyl/N-ethyl adjacent to an activating group) is 1. The van der Waals surface area contributed by atoms with Crippen LogP contribution < -0.4 is 5.32 Å². The highest BCUT2D eigenvalue weighted by atomic mass is 16.2. The molecule has 15 heavy (non-hydrogen) atoms. The number of hydrogen-bond donors (Lipinski definition) is 1. The zero-order chi connectivity index (χ0) is 11.6. The number of carbonyl (C=O) groups is 2. The molecule has 1 N–H and O–H groups in total. The predicted molar refractivity (Wildman–Crippen MR) is 58.3 cm³/mol. The molecule has 1 saturated carbocycles. The number of nitrogens with zero attached hydrogens (tertiary/aromatic N) is 1. The standard InChI is InChI=1S/C11H20N2O2/c1-11(2,3)12-9(14)7-13(4)10(15)8-5-6-8/h8H,5-7H2,1-4H3,(H,12,14). The quantitative estimate of drug-likeness (QED) is 0.751. The van der Waals surface area contributed by atoms with Crippen molar-refractivity contribution >= 4 is 11.8 Å². The first kappa shape index (κ1) is 12.0. The van der Waals surface area contributed by atoms with Crippen molar-refractivity contribution < 1.29 is 9.59 Å². The Bertz CT molecular complexity index is 264. The van der Waals surface area contributed by atoms with Crippen molar-refractivity contribution in [3.8, 4) is 0 Å². The minimum atomic E-state index is -0.236. The molecule has 1 aliphatic carbocycles. The van der Waals surface area contributed by atoms with Gasteiger partial charge in [0, 0.05) is 18.5 Å². The molecule has 1 rings (SSSR count). The SMILES string of the molecule is CN(CC(=O)NC(C)(C)C)C(=O)C1CC1. The normalized spacial score (nSPS) is 16.0. The summed E-state index contributed by atoms with van der Waals surface area (Å²) in [5, 5.41) is 2.83. The van der Waals surface area contributed by atoms with Crippen LogP contribution >= 0.6 is 0 Å². The first-order valence-corrected chi connectivity index (χ1v) is 5.35. The molecule has 0 unspecified atom stereocenters. The Kier molecular flexibility index (Phi) is 3.37. The lowest BCUT2D eigenvalue weighted by molar-refractivity contribution is -0.136. The van der Waals surface area contributed by atoms with Crippen molar-refractivity contribution in [2.75, 3.05) is 13.6 Å². The lowest BCUT2D eigenvalue weighted by atomic mass is 10.1. The topological polar surface area (TPSA) is 49.4 Å². The summed E-state index contributed by atoms with van der Waals surface area (Å²) in [5.74, 6) is 0.176. The fourth-order valence-corrected chi connectivity index (χ4v) is 1.39. The van der Waals surface area contributed by atoms with E-state index in [2.05, 4.69) is 5.32 Å². The van der Waals surface area contributed by atoms with Crippen LogP contribution in [-0.2, 0) is 9.59 Å². The maximum absolute atomic E-state index is 11.6. The zero-order valence-corrected chi connectivity index (χ0v) is 9.96. The van der Waals surface area contributed by atoms with Gasteiger partial charge in [-0.1, -0.05) is 0 Å². The first-order valence-electron chi connectivity index (χ1n) is 5.35. The molecular formula is C11H20N2O2. The highest BCUT2D eigenvalue weighted by Crippen LogP contribution is 2.30. The number of hydrogen-bond acceptors (Lipinski definition) is 2. The van der Waals surface area contributed by atoms with Gasteiger partial charge in [-0.3, -0.25) is 9.59 Å². The Morgan fingerprint density at radius 2 is 1.87 bits per heavy atom. The molecule has 0 aliphatic heterocycles. The van der Waals surface area contributed by atoms with Gasteiger partial charge in [0.1, 0.15) is 0 Å². The largest absolute Gasteiger partial charge is 0.350 e. The molecule has 4 heteroatoms. The van der Waals surface area contributed by atoms with Gasteiger partial charge < -0.3 is 10.2 Å². The van der Waals surface area contributed by atoms with Crippen LogP contribution in [-0.4, -0.2) is 35.8 Å². The molecule has 0 atom stereocenters. The molecule has 0 heterocycles. The molecule has 0 saturated heterocycles. The maximum atomic E-state index is 11.6. The molecule has 0 aromatic heterocycles. The van der Waals surface area contributed by atoms with Crippen molar-refractivity contribution in [3.63, 3.8) is 0 Å². The summed E-state index contributed by atoms with van der Waals surface area (Å²) in [6.07, 6.45) is 1.95. The number of rotatable bonds is 3. The van der Waals surface area contributed by atoms with Gasteiger partial charge in [-0.2, -0.15) is 0 Å². The van der Waals surface area contributed by atoms with Gasteiger partial charge in [0.25, 0.3) is 0 Å². The Hall–Kier alpha value is -1.06. The summed E-state index contributed by atoms with van der Waals surface area (Å²) in [5.41, 5.74) is -0.236. The predicted octanol–water partition coefficient (Wildman–Crippen LogP) is 0.769. The van der Waals surface area contributed by atoms with Crippen LogP contribution in [0, 0.1) is 5.92 Å². The van der Waals surface area contributed by atoms with Crippen LogP contribution in [0.25, 0.3) is 0 Å². The summed E-state index contributed by atoms with van der Waals surface area (Å²) in [4.78, 5) is 24.6. The minimum absolute atomic E-state index is 0.0964. The van der Waals surface area contributed by atoms with Gasteiger partial charge in [0.2, 0.25) is 11.8 Å². The van der Waals surface area contributed by atoms with Crippen molar-refractivity contribution in [1.29, 1.82) is 0 Å². The Balaban J connectivity index is 2.33.